The molecule has 5 heteroatoms. The average Bonchev–Trinajstić information content (AvgIpc) is 2.89. The Morgan fingerprint density at radius 1 is 1.24 bits per heavy atom. The van der Waals surface area contributed by atoms with Crippen molar-refractivity contribution in [1.82, 2.24) is 14.6 Å². The molecular weight excluding hydrogens is 262 g/mol. The highest BCUT2D eigenvalue weighted by Gasteiger charge is 2.08. The van der Waals surface area contributed by atoms with Gasteiger partial charge in [-0.15, -0.1) is 0 Å². The van der Waals surface area contributed by atoms with E-state index in [0.717, 1.165) is 22.6 Å². The zero-order valence-electron chi connectivity index (χ0n) is 11.9. The van der Waals surface area contributed by atoms with Gasteiger partial charge in [-0.05, 0) is 44.2 Å². The molecule has 0 atom stereocenters. The predicted octanol–water partition coefficient (Wildman–Crippen LogP) is 3.09. The lowest BCUT2D eigenvalue weighted by Gasteiger charge is -2.10. The number of fused-ring (bicyclic) bond motifs is 1. The Labute approximate surface area is 122 Å². The third-order valence-electron chi connectivity index (χ3n) is 3.11. The fraction of sp³-hybridized carbons (Fsp3) is 0.188. The molecule has 3 heterocycles. The van der Waals surface area contributed by atoms with Gasteiger partial charge in [0.2, 0.25) is 0 Å². The van der Waals surface area contributed by atoms with E-state index in [4.69, 9.17) is 5.26 Å². The summed E-state index contributed by atoms with van der Waals surface area (Å²) in [6.07, 6.45) is 3.34. The smallest absolute Gasteiger partial charge is 0.101 e. The summed E-state index contributed by atoms with van der Waals surface area (Å²) in [4.78, 5) is 4.42. The zero-order chi connectivity index (χ0) is 14.8. The molecule has 0 unspecified atom stereocenters. The number of nitrogens with one attached hydrogen (secondary N) is 1. The quantitative estimate of drug-likeness (QED) is 0.799. The minimum atomic E-state index is 0.362. The first-order chi connectivity index (χ1) is 10.2. The summed E-state index contributed by atoms with van der Waals surface area (Å²) in [5.74, 6) is 0. The van der Waals surface area contributed by atoms with Crippen LogP contribution in [0.1, 0.15) is 19.4 Å². The summed E-state index contributed by atoms with van der Waals surface area (Å²) in [6.45, 7) is 4.19. The van der Waals surface area contributed by atoms with Gasteiger partial charge in [-0.2, -0.15) is 10.4 Å². The highest BCUT2D eigenvalue weighted by atomic mass is 15.2. The zero-order valence-corrected chi connectivity index (χ0v) is 11.9. The standard InChI is InChI=1S/C16H15N5/c1-11(2)20-13-5-6-18-15(8-13)16-4-3-14-7-12(9-17)10-19-21(14)16/h3-8,10-11H,1-2H3,(H,18,20). The summed E-state index contributed by atoms with van der Waals surface area (Å²) in [5, 5.41) is 16.6. The van der Waals surface area contributed by atoms with Crippen molar-refractivity contribution < 1.29 is 0 Å². The first-order valence-corrected chi connectivity index (χ1v) is 6.78. The van der Waals surface area contributed by atoms with Crippen molar-refractivity contribution in [3.8, 4) is 17.5 Å². The third kappa shape index (κ3) is 2.56. The van der Waals surface area contributed by atoms with E-state index in [9.17, 15) is 0 Å². The molecular formula is C16H15N5. The first kappa shape index (κ1) is 13.1. The van der Waals surface area contributed by atoms with Crippen molar-refractivity contribution in [1.29, 1.82) is 5.26 Å². The monoisotopic (exact) mass is 277 g/mol. The van der Waals surface area contributed by atoms with Crippen molar-refractivity contribution in [2.75, 3.05) is 5.32 Å². The van der Waals surface area contributed by atoms with Gasteiger partial charge in [-0.3, -0.25) is 4.98 Å². The van der Waals surface area contributed by atoms with Gasteiger partial charge in [0.1, 0.15) is 6.07 Å². The molecule has 21 heavy (non-hydrogen) atoms. The van der Waals surface area contributed by atoms with Gasteiger partial charge in [-0.1, -0.05) is 0 Å². The molecule has 0 amide bonds. The van der Waals surface area contributed by atoms with Crippen LogP contribution in [0.4, 0.5) is 5.69 Å². The molecule has 0 saturated heterocycles. The molecule has 5 nitrogen and oxygen atoms in total. The van der Waals surface area contributed by atoms with E-state index in [1.165, 1.54) is 0 Å². The average molecular weight is 277 g/mol. The summed E-state index contributed by atoms with van der Waals surface area (Å²) >= 11 is 0. The number of rotatable bonds is 3. The minimum absolute atomic E-state index is 0.362. The third-order valence-corrected chi connectivity index (χ3v) is 3.11. The van der Waals surface area contributed by atoms with E-state index in [-0.39, 0.29) is 0 Å². The van der Waals surface area contributed by atoms with Gasteiger partial charge in [0.25, 0.3) is 0 Å². The number of nitrogens with zero attached hydrogens (tertiary/aromatic N) is 4. The molecule has 3 aromatic heterocycles. The highest BCUT2D eigenvalue weighted by Crippen LogP contribution is 2.22. The fourth-order valence-corrected chi connectivity index (χ4v) is 2.25. The van der Waals surface area contributed by atoms with Gasteiger partial charge in [0.15, 0.2) is 0 Å². The number of pyridine rings is 1. The van der Waals surface area contributed by atoms with Crippen molar-refractivity contribution in [3.63, 3.8) is 0 Å². The number of hydrogen-bond donors (Lipinski definition) is 1. The Bertz CT molecular complexity index is 826. The molecule has 0 saturated carbocycles. The number of aromatic nitrogens is 3. The van der Waals surface area contributed by atoms with E-state index in [2.05, 4.69) is 35.3 Å². The maximum atomic E-state index is 8.92. The second-order valence-corrected chi connectivity index (χ2v) is 5.14. The first-order valence-electron chi connectivity index (χ1n) is 6.78. The van der Waals surface area contributed by atoms with Gasteiger partial charge in [0, 0.05) is 17.9 Å². The lowest BCUT2D eigenvalue weighted by molar-refractivity contribution is 0.898. The second kappa shape index (κ2) is 5.25. The van der Waals surface area contributed by atoms with Crippen LogP contribution in [0.15, 0.2) is 42.7 Å². The van der Waals surface area contributed by atoms with Gasteiger partial charge >= 0.3 is 0 Å². The lowest BCUT2D eigenvalue weighted by atomic mass is 10.2. The molecule has 3 aromatic rings. The Hall–Kier alpha value is -2.87. The molecule has 0 bridgehead atoms. The minimum Gasteiger partial charge on any atom is -0.383 e. The SMILES string of the molecule is CC(C)Nc1ccnc(-c2ccc3cc(C#N)cnn23)c1. The van der Waals surface area contributed by atoms with Crippen LogP contribution in [0.3, 0.4) is 0 Å². The predicted molar refractivity (Wildman–Crippen MR) is 81.9 cm³/mol. The van der Waals surface area contributed by atoms with Crippen LogP contribution >= 0.6 is 0 Å². The summed E-state index contributed by atoms with van der Waals surface area (Å²) in [6, 6.07) is 12.1. The van der Waals surface area contributed by atoms with Crippen LogP contribution in [0, 0.1) is 11.3 Å². The lowest BCUT2D eigenvalue weighted by Crippen LogP contribution is -2.09. The van der Waals surface area contributed by atoms with Crippen LogP contribution in [-0.2, 0) is 0 Å². The normalized spacial score (nSPS) is 10.8. The van der Waals surface area contributed by atoms with Crippen LogP contribution in [0.2, 0.25) is 0 Å². The second-order valence-electron chi connectivity index (χ2n) is 5.14. The Morgan fingerprint density at radius 3 is 2.86 bits per heavy atom. The van der Waals surface area contributed by atoms with Crippen LogP contribution in [-0.4, -0.2) is 20.6 Å². The van der Waals surface area contributed by atoms with Gasteiger partial charge in [0.05, 0.1) is 28.7 Å². The maximum absolute atomic E-state index is 8.92. The topological polar surface area (TPSA) is 66.0 Å². The summed E-state index contributed by atoms with van der Waals surface area (Å²) in [7, 11) is 0. The van der Waals surface area contributed by atoms with Gasteiger partial charge < -0.3 is 5.32 Å². The van der Waals surface area contributed by atoms with Crippen LogP contribution in [0.25, 0.3) is 16.9 Å². The number of nitriles is 1. The molecule has 0 aliphatic carbocycles. The molecule has 0 fully saturated rings. The van der Waals surface area contributed by atoms with Crippen LogP contribution < -0.4 is 5.32 Å². The molecule has 1 N–H and O–H groups in total. The summed E-state index contributed by atoms with van der Waals surface area (Å²) < 4.78 is 1.79. The van der Waals surface area contributed by atoms with Crippen molar-refractivity contribution in [3.05, 3.63) is 48.3 Å². The Morgan fingerprint density at radius 2 is 2.10 bits per heavy atom. The Kier molecular flexibility index (Phi) is 3.28. The van der Waals surface area contributed by atoms with Crippen molar-refractivity contribution >= 4 is 11.2 Å². The molecule has 104 valence electrons. The molecule has 0 radical (unpaired) electrons. The van der Waals surface area contributed by atoms with Gasteiger partial charge in [-0.25, -0.2) is 4.52 Å². The maximum Gasteiger partial charge on any atom is 0.101 e. The van der Waals surface area contributed by atoms with E-state index >= 15 is 0 Å². The fourth-order valence-electron chi connectivity index (χ4n) is 2.25. The molecule has 0 aliphatic heterocycles. The number of hydrogen-bond acceptors (Lipinski definition) is 4. The van der Waals surface area contributed by atoms with Crippen LogP contribution in [0.5, 0.6) is 0 Å². The molecule has 0 spiro atoms. The summed E-state index contributed by atoms with van der Waals surface area (Å²) in [5.41, 5.74) is 4.21. The van der Waals surface area contributed by atoms with Crippen molar-refractivity contribution in [2.45, 2.75) is 19.9 Å². The Balaban J connectivity index is 2.06. The number of anilines is 1. The van der Waals surface area contributed by atoms with Crippen molar-refractivity contribution in [2.24, 2.45) is 0 Å². The van der Waals surface area contributed by atoms with E-state index < -0.39 is 0 Å². The molecule has 0 aliphatic rings. The highest BCUT2D eigenvalue weighted by molar-refractivity contribution is 5.67. The van der Waals surface area contributed by atoms with E-state index in [1.54, 1.807) is 16.9 Å². The molecule has 3 rings (SSSR count). The largest absolute Gasteiger partial charge is 0.383 e. The van der Waals surface area contributed by atoms with E-state index in [1.807, 2.05) is 30.3 Å². The van der Waals surface area contributed by atoms with E-state index in [0.29, 0.717) is 11.6 Å². The molecule has 0 aromatic carbocycles.